The van der Waals surface area contributed by atoms with Gasteiger partial charge in [0.2, 0.25) is 0 Å². The number of rotatable bonds is 23. The molecule has 0 bridgehead atoms. The Bertz CT molecular complexity index is 1950. The van der Waals surface area contributed by atoms with Gasteiger partial charge in [0.15, 0.2) is 0 Å². The molecule has 296 valence electrons. The largest absolute Gasteiger partial charge is 0.508 e. The van der Waals surface area contributed by atoms with Crippen LogP contribution in [-0.2, 0) is 42.8 Å². The summed E-state index contributed by atoms with van der Waals surface area (Å²) >= 11 is 0. The Labute approximate surface area is 330 Å². The molecule has 0 amide bonds. The van der Waals surface area contributed by atoms with Gasteiger partial charge in [0, 0.05) is 25.3 Å². The monoisotopic (exact) mass is 780 g/mol. The van der Waals surface area contributed by atoms with Gasteiger partial charge in [0.05, 0.1) is 17.6 Å². The average Bonchev–Trinajstić information content (AvgIpc) is 3.23. The summed E-state index contributed by atoms with van der Waals surface area (Å²) in [5, 5.41) is 32.6. The van der Waals surface area contributed by atoms with Crippen molar-refractivity contribution in [2.24, 2.45) is 0 Å². The number of aliphatic hydroxyl groups is 2. The lowest BCUT2D eigenvalue weighted by molar-refractivity contribution is -0.151. The molecule has 0 aliphatic rings. The van der Waals surface area contributed by atoms with Crippen molar-refractivity contribution in [2.45, 2.75) is 68.0 Å². The summed E-state index contributed by atoms with van der Waals surface area (Å²) in [7, 11) is -4.21. The van der Waals surface area contributed by atoms with E-state index >= 15 is 0 Å². The van der Waals surface area contributed by atoms with Crippen molar-refractivity contribution in [3.8, 4) is 5.75 Å². The predicted molar refractivity (Wildman–Crippen MR) is 216 cm³/mol. The van der Waals surface area contributed by atoms with Crippen LogP contribution in [0.25, 0.3) is 0 Å². The van der Waals surface area contributed by atoms with Crippen LogP contribution in [0.1, 0.15) is 78.0 Å². The van der Waals surface area contributed by atoms with Crippen LogP contribution in [0.4, 0.5) is 0 Å². The zero-order valence-corrected chi connectivity index (χ0v) is 32.4. The molecule has 0 heterocycles. The standard InChI is InChI=1S/C45H52N2O8S/c48-34-37-32-36(26-27-42(37)49)43(50)33-46-28-13-2-1-3-14-29-54-30-16-18-35-17-15-25-41(31-35)56(52,53)47-55-44(51)45(38-19-7-4-8-20-38,39-21-9-5-10-22-39)40-23-11-6-12-24-40/h4-12,15,17,19-27,31-32,43,46-50H,1-3,13-14,16,18,28-30,33-34H2/t43-/m1/s1. The fourth-order valence-corrected chi connectivity index (χ4v) is 7.61. The minimum atomic E-state index is -4.21. The number of aliphatic hydroxyl groups excluding tert-OH is 2. The van der Waals surface area contributed by atoms with Gasteiger partial charge in [-0.1, -0.05) is 128 Å². The number of carbonyl (C=O) groups excluding carboxylic acids is 1. The first-order valence-corrected chi connectivity index (χ1v) is 20.6. The first-order chi connectivity index (χ1) is 27.3. The number of ether oxygens (including phenoxy) is 1. The highest BCUT2D eigenvalue weighted by molar-refractivity contribution is 7.89. The third-order valence-corrected chi connectivity index (χ3v) is 10.9. The molecule has 5 N–H and O–H groups in total. The Kier molecular flexibility index (Phi) is 16.2. The maximum atomic E-state index is 14.3. The van der Waals surface area contributed by atoms with Crippen LogP contribution in [0, 0.1) is 0 Å². The molecule has 0 aliphatic carbocycles. The second kappa shape index (κ2) is 21.4. The van der Waals surface area contributed by atoms with E-state index in [4.69, 9.17) is 9.57 Å². The number of hydrogen-bond acceptors (Lipinski definition) is 9. The maximum Gasteiger partial charge on any atom is 0.345 e. The molecule has 0 aliphatic heterocycles. The van der Waals surface area contributed by atoms with Crippen molar-refractivity contribution in [3.05, 3.63) is 167 Å². The number of aromatic hydroxyl groups is 1. The fourth-order valence-electron chi connectivity index (χ4n) is 6.76. The molecular weight excluding hydrogens is 729 g/mol. The van der Waals surface area contributed by atoms with E-state index in [1.54, 1.807) is 24.3 Å². The van der Waals surface area contributed by atoms with Crippen LogP contribution in [0.2, 0.25) is 0 Å². The van der Waals surface area contributed by atoms with E-state index in [2.05, 4.69) is 10.2 Å². The molecule has 0 spiro atoms. The minimum Gasteiger partial charge on any atom is -0.508 e. The van der Waals surface area contributed by atoms with Gasteiger partial charge in [0.1, 0.15) is 11.2 Å². The van der Waals surface area contributed by atoms with Crippen LogP contribution >= 0.6 is 0 Å². The summed E-state index contributed by atoms with van der Waals surface area (Å²) in [4.78, 5) is 21.9. The quantitative estimate of drug-likeness (QED) is 0.0271. The summed E-state index contributed by atoms with van der Waals surface area (Å²) in [6, 6.07) is 38.9. The molecule has 0 radical (unpaired) electrons. The van der Waals surface area contributed by atoms with Crippen molar-refractivity contribution in [2.75, 3.05) is 26.3 Å². The second-order valence-corrected chi connectivity index (χ2v) is 15.4. The maximum absolute atomic E-state index is 14.3. The van der Waals surface area contributed by atoms with Crippen LogP contribution in [0.5, 0.6) is 5.75 Å². The van der Waals surface area contributed by atoms with Crippen LogP contribution < -0.4 is 10.2 Å². The summed E-state index contributed by atoms with van der Waals surface area (Å²) < 4.78 is 32.8. The molecule has 0 fully saturated rings. The molecule has 5 rings (SSSR count). The lowest BCUT2D eigenvalue weighted by Gasteiger charge is -2.33. The fraction of sp³-hybridized carbons (Fsp3) is 0.311. The van der Waals surface area contributed by atoms with Crippen LogP contribution in [0.15, 0.2) is 138 Å². The van der Waals surface area contributed by atoms with E-state index in [1.165, 1.54) is 12.1 Å². The first kappa shape index (κ1) is 42.3. The van der Waals surface area contributed by atoms with Crippen molar-refractivity contribution < 1.29 is 38.1 Å². The zero-order valence-electron chi connectivity index (χ0n) is 31.6. The molecule has 5 aromatic rings. The number of unbranched alkanes of at least 4 members (excludes halogenated alkanes) is 4. The molecule has 0 aromatic heterocycles. The zero-order chi connectivity index (χ0) is 39.6. The number of carbonyl (C=O) groups is 1. The Morgan fingerprint density at radius 1 is 0.696 bits per heavy atom. The number of aryl methyl sites for hydroxylation is 1. The number of nitrogens with one attached hydrogen (secondary N) is 2. The normalized spacial score (nSPS) is 12.3. The molecule has 0 saturated heterocycles. The summed E-state index contributed by atoms with van der Waals surface area (Å²) in [5.41, 5.74) is 2.34. The molecular formula is C45H52N2O8S. The lowest BCUT2D eigenvalue weighted by Crippen LogP contribution is -2.43. The van der Waals surface area contributed by atoms with Crippen LogP contribution in [0.3, 0.4) is 0 Å². The highest BCUT2D eigenvalue weighted by Crippen LogP contribution is 2.40. The van der Waals surface area contributed by atoms with E-state index in [9.17, 15) is 28.5 Å². The Balaban J connectivity index is 1.03. The topological polar surface area (TPSA) is 154 Å². The van der Waals surface area contributed by atoms with Gasteiger partial charge in [-0.25, -0.2) is 13.2 Å². The van der Waals surface area contributed by atoms with E-state index < -0.39 is 27.5 Å². The van der Waals surface area contributed by atoms with Crippen molar-refractivity contribution >= 4 is 16.0 Å². The van der Waals surface area contributed by atoms with E-state index in [1.807, 2.05) is 97.1 Å². The van der Waals surface area contributed by atoms with Gasteiger partial charge < -0.3 is 30.2 Å². The van der Waals surface area contributed by atoms with Gasteiger partial charge in [-0.3, -0.25) is 0 Å². The highest BCUT2D eigenvalue weighted by Gasteiger charge is 2.46. The van der Waals surface area contributed by atoms with E-state index in [0.29, 0.717) is 54.0 Å². The minimum absolute atomic E-state index is 0.00573. The molecule has 5 aromatic carbocycles. The first-order valence-electron chi connectivity index (χ1n) is 19.1. The smallest absolute Gasteiger partial charge is 0.345 e. The highest BCUT2D eigenvalue weighted by atomic mass is 32.2. The molecule has 10 nitrogen and oxygen atoms in total. The van der Waals surface area contributed by atoms with Gasteiger partial charge in [-0.15, -0.1) is 0 Å². The second-order valence-electron chi connectivity index (χ2n) is 13.7. The van der Waals surface area contributed by atoms with Crippen molar-refractivity contribution in [1.29, 1.82) is 0 Å². The van der Waals surface area contributed by atoms with Gasteiger partial charge in [-0.05, 0) is 89.2 Å². The van der Waals surface area contributed by atoms with E-state index in [-0.39, 0.29) is 17.3 Å². The van der Waals surface area contributed by atoms with Crippen molar-refractivity contribution in [1.82, 2.24) is 10.2 Å². The van der Waals surface area contributed by atoms with Crippen molar-refractivity contribution in [3.63, 3.8) is 0 Å². The SMILES string of the molecule is O=C(ONS(=O)(=O)c1cccc(CCCOCCCCCCCNC[C@@H](O)c2ccc(O)c(CO)c2)c1)C(c1ccccc1)(c1ccccc1)c1ccccc1. The van der Waals surface area contributed by atoms with Gasteiger partial charge in [0.25, 0.3) is 10.0 Å². The Morgan fingerprint density at radius 2 is 1.29 bits per heavy atom. The molecule has 0 saturated carbocycles. The molecule has 0 unspecified atom stereocenters. The number of hydrogen-bond donors (Lipinski definition) is 5. The number of phenols is 1. The summed E-state index contributed by atoms with van der Waals surface area (Å²) in [6.07, 6.45) is 5.80. The molecule has 11 heteroatoms. The third kappa shape index (κ3) is 11.3. The van der Waals surface area contributed by atoms with Gasteiger partial charge in [-0.2, -0.15) is 0 Å². The Morgan fingerprint density at radius 3 is 1.91 bits per heavy atom. The number of benzene rings is 5. The Hall–Kier alpha value is -4.88. The van der Waals surface area contributed by atoms with Crippen LogP contribution in [-0.4, -0.2) is 56.0 Å². The van der Waals surface area contributed by atoms with Gasteiger partial charge >= 0.3 is 5.97 Å². The summed E-state index contributed by atoms with van der Waals surface area (Å²) in [5.74, 6) is -0.766. The summed E-state index contributed by atoms with van der Waals surface area (Å²) in [6.45, 7) is 2.13. The third-order valence-electron chi connectivity index (χ3n) is 9.77. The average molecular weight is 781 g/mol. The molecule has 1 atom stereocenters. The number of sulfonamides is 1. The lowest BCUT2D eigenvalue weighted by atomic mass is 9.69. The molecule has 56 heavy (non-hydrogen) atoms. The van der Waals surface area contributed by atoms with E-state index in [0.717, 1.165) is 50.6 Å². The predicted octanol–water partition coefficient (Wildman–Crippen LogP) is 6.88.